The van der Waals surface area contributed by atoms with Crippen molar-refractivity contribution in [2.45, 2.75) is 13.8 Å². The normalized spacial score (nSPS) is 13.4. The van der Waals surface area contributed by atoms with Crippen LogP contribution in [0.1, 0.15) is 21.6 Å². The number of carbonyl (C=O) groups is 1. The van der Waals surface area contributed by atoms with E-state index >= 15 is 0 Å². The van der Waals surface area contributed by atoms with E-state index in [0.717, 1.165) is 11.3 Å². The van der Waals surface area contributed by atoms with E-state index in [0.29, 0.717) is 28.4 Å². The third kappa shape index (κ3) is 3.24. The summed E-state index contributed by atoms with van der Waals surface area (Å²) in [5, 5.41) is 0. The molecule has 2 heterocycles. The molecular formula is C22H20FN3O3. The molecule has 0 aliphatic carbocycles. The summed E-state index contributed by atoms with van der Waals surface area (Å²) in [6, 6.07) is 12.8. The molecule has 0 saturated heterocycles. The van der Waals surface area contributed by atoms with Gasteiger partial charge in [-0.25, -0.2) is 4.39 Å². The van der Waals surface area contributed by atoms with Crippen LogP contribution in [0.15, 0.2) is 53.3 Å². The lowest BCUT2D eigenvalue weighted by atomic mass is 10.0. The van der Waals surface area contributed by atoms with Crippen molar-refractivity contribution >= 4 is 23.0 Å². The number of aromatic nitrogens is 1. The fourth-order valence-corrected chi connectivity index (χ4v) is 3.65. The van der Waals surface area contributed by atoms with Crippen LogP contribution in [0, 0.1) is 19.7 Å². The second kappa shape index (κ2) is 7.09. The Kier molecular flexibility index (Phi) is 4.58. The van der Waals surface area contributed by atoms with Gasteiger partial charge in [-0.05, 0) is 55.8 Å². The third-order valence-corrected chi connectivity index (χ3v) is 5.08. The monoisotopic (exact) mass is 393 g/mol. The Balaban J connectivity index is 1.90. The highest BCUT2D eigenvalue weighted by atomic mass is 19.1. The van der Waals surface area contributed by atoms with Crippen LogP contribution in [0.25, 0.3) is 0 Å². The number of pyridine rings is 1. The zero-order chi connectivity index (χ0) is 20.7. The average molecular weight is 393 g/mol. The van der Waals surface area contributed by atoms with E-state index in [9.17, 15) is 14.0 Å². The minimum absolute atomic E-state index is 0.186. The SMILES string of the molecule is COc1ccc2c(c1)N(c1ccc(F)cc1C)CN(c1ccc(=O)[nH]c1C)C2=O. The van der Waals surface area contributed by atoms with Gasteiger partial charge < -0.3 is 14.6 Å². The van der Waals surface area contributed by atoms with E-state index in [1.807, 2.05) is 11.8 Å². The summed E-state index contributed by atoms with van der Waals surface area (Å²) in [4.78, 5) is 31.2. The molecule has 1 N–H and O–H groups in total. The molecule has 7 heteroatoms. The van der Waals surface area contributed by atoms with Crippen molar-refractivity contribution in [2.75, 3.05) is 23.6 Å². The summed E-state index contributed by atoms with van der Waals surface area (Å²) < 4.78 is 19.0. The van der Waals surface area contributed by atoms with Crippen LogP contribution in [-0.4, -0.2) is 24.7 Å². The molecular weight excluding hydrogens is 373 g/mol. The topological polar surface area (TPSA) is 65.6 Å². The minimum Gasteiger partial charge on any atom is -0.497 e. The summed E-state index contributed by atoms with van der Waals surface area (Å²) in [7, 11) is 1.57. The number of anilines is 3. The average Bonchev–Trinajstić information content (AvgIpc) is 2.69. The number of hydrogen-bond donors (Lipinski definition) is 1. The highest BCUT2D eigenvalue weighted by Crippen LogP contribution is 2.39. The van der Waals surface area contributed by atoms with Gasteiger partial charge in [-0.15, -0.1) is 0 Å². The number of fused-ring (bicyclic) bond motifs is 1. The smallest absolute Gasteiger partial charge is 0.261 e. The van der Waals surface area contributed by atoms with Gasteiger partial charge in [0.2, 0.25) is 5.56 Å². The van der Waals surface area contributed by atoms with Crippen molar-refractivity contribution in [3.63, 3.8) is 0 Å². The summed E-state index contributed by atoms with van der Waals surface area (Å²) in [6.07, 6.45) is 0. The van der Waals surface area contributed by atoms with E-state index in [1.54, 1.807) is 49.3 Å². The van der Waals surface area contributed by atoms with Gasteiger partial charge in [-0.2, -0.15) is 0 Å². The van der Waals surface area contributed by atoms with Crippen LogP contribution < -0.4 is 20.1 Å². The van der Waals surface area contributed by atoms with Gasteiger partial charge >= 0.3 is 0 Å². The molecule has 1 aliphatic heterocycles. The molecule has 6 nitrogen and oxygen atoms in total. The zero-order valence-electron chi connectivity index (χ0n) is 16.3. The van der Waals surface area contributed by atoms with Crippen molar-refractivity contribution in [1.29, 1.82) is 0 Å². The maximum atomic E-state index is 13.7. The lowest BCUT2D eigenvalue weighted by Crippen LogP contribution is -2.45. The molecule has 2 aromatic carbocycles. The first-order chi connectivity index (χ1) is 13.9. The Hall–Kier alpha value is -3.61. The first kappa shape index (κ1) is 18.7. The van der Waals surface area contributed by atoms with Crippen LogP contribution in [0.2, 0.25) is 0 Å². The summed E-state index contributed by atoms with van der Waals surface area (Å²) in [6.45, 7) is 3.78. The van der Waals surface area contributed by atoms with Gasteiger partial charge in [0.1, 0.15) is 18.2 Å². The van der Waals surface area contributed by atoms with E-state index in [1.165, 1.54) is 18.2 Å². The predicted molar refractivity (Wildman–Crippen MR) is 110 cm³/mol. The summed E-state index contributed by atoms with van der Waals surface area (Å²) in [5.74, 6) is 0.113. The second-order valence-corrected chi connectivity index (χ2v) is 6.95. The Bertz CT molecular complexity index is 1170. The molecule has 1 aromatic heterocycles. The molecule has 0 unspecified atom stereocenters. The van der Waals surface area contributed by atoms with Crippen LogP contribution in [0.4, 0.5) is 21.5 Å². The number of carbonyl (C=O) groups excluding carboxylic acids is 1. The number of H-pyrrole nitrogens is 1. The summed E-state index contributed by atoms with van der Waals surface area (Å²) in [5.41, 5.74) is 3.67. The third-order valence-electron chi connectivity index (χ3n) is 5.08. The second-order valence-electron chi connectivity index (χ2n) is 6.95. The van der Waals surface area contributed by atoms with Crippen LogP contribution in [0.5, 0.6) is 5.75 Å². The summed E-state index contributed by atoms with van der Waals surface area (Å²) >= 11 is 0. The number of rotatable bonds is 3. The highest BCUT2D eigenvalue weighted by Gasteiger charge is 2.32. The standard InChI is InChI=1S/C22H20FN3O3/c1-13-10-15(23)4-7-18(13)25-12-26(19-8-9-21(27)24-14(19)2)22(28)17-6-5-16(29-3)11-20(17)25/h4-11H,12H2,1-3H3,(H,24,27). The van der Waals surface area contributed by atoms with E-state index in [2.05, 4.69) is 4.98 Å². The molecule has 0 saturated carbocycles. The molecule has 0 fully saturated rings. The fraction of sp³-hybridized carbons (Fsp3) is 0.182. The van der Waals surface area contributed by atoms with Crippen LogP contribution in [-0.2, 0) is 0 Å². The predicted octanol–water partition coefficient (Wildman–Crippen LogP) is 3.90. The van der Waals surface area contributed by atoms with E-state index < -0.39 is 0 Å². The lowest BCUT2D eigenvalue weighted by Gasteiger charge is -2.39. The quantitative estimate of drug-likeness (QED) is 0.733. The molecule has 0 radical (unpaired) electrons. The van der Waals surface area contributed by atoms with Gasteiger partial charge in [0.05, 0.1) is 24.0 Å². The number of nitrogens with one attached hydrogen (secondary N) is 1. The first-order valence-electron chi connectivity index (χ1n) is 9.12. The van der Waals surface area contributed by atoms with E-state index in [-0.39, 0.29) is 24.0 Å². The van der Waals surface area contributed by atoms with Gasteiger partial charge in [0.15, 0.2) is 0 Å². The van der Waals surface area contributed by atoms with E-state index in [4.69, 9.17) is 4.74 Å². The number of hydrogen-bond acceptors (Lipinski definition) is 4. The Morgan fingerprint density at radius 3 is 2.38 bits per heavy atom. The minimum atomic E-state index is -0.321. The van der Waals surface area contributed by atoms with Crippen LogP contribution >= 0.6 is 0 Å². The fourth-order valence-electron chi connectivity index (χ4n) is 3.65. The largest absolute Gasteiger partial charge is 0.497 e. The first-order valence-corrected chi connectivity index (χ1v) is 9.12. The Labute approximate surface area is 167 Å². The number of methoxy groups -OCH3 is 1. The maximum Gasteiger partial charge on any atom is 0.261 e. The maximum absolute atomic E-state index is 13.7. The van der Waals surface area contributed by atoms with Crippen molar-refractivity contribution < 1.29 is 13.9 Å². The van der Waals surface area contributed by atoms with Gasteiger partial charge in [-0.3, -0.25) is 14.5 Å². The molecule has 1 aliphatic rings. The molecule has 4 rings (SSSR count). The molecule has 0 bridgehead atoms. The molecule has 0 spiro atoms. The molecule has 3 aromatic rings. The Morgan fingerprint density at radius 1 is 0.931 bits per heavy atom. The number of aryl methyl sites for hydroxylation is 2. The number of amides is 1. The van der Waals surface area contributed by atoms with Crippen molar-refractivity contribution in [1.82, 2.24) is 4.98 Å². The molecule has 1 amide bonds. The Morgan fingerprint density at radius 2 is 1.69 bits per heavy atom. The number of halogens is 1. The van der Waals surface area contributed by atoms with Crippen molar-refractivity contribution in [3.8, 4) is 5.75 Å². The number of benzene rings is 2. The molecule has 29 heavy (non-hydrogen) atoms. The van der Waals surface area contributed by atoms with Gasteiger partial charge in [0, 0.05) is 23.5 Å². The van der Waals surface area contributed by atoms with Crippen molar-refractivity contribution in [3.05, 3.63) is 81.5 Å². The lowest BCUT2D eigenvalue weighted by molar-refractivity contribution is 0.0983. The number of nitrogens with zero attached hydrogens (tertiary/aromatic N) is 2. The van der Waals surface area contributed by atoms with Crippen molar-refractivity contribution in [2.24, 2.45) is 0 Å². The van der Waals surface area contributed by atoms with Gasteiger partial charge in [-0.1, -0.05) is 0 Å². The number of aromatic amines is 1. The van der Waals surface area contributed by atoms with Gasteiger partial charge in [0.25, 0.3) is 5.91 Å². The highest BCUT2D eigenvalue weighted by molar-refractivity contribution is 6.13. The number of ether oxygens (including phenoxy) is 1. The van der Waals surface area contributed by atoms with Crippen LogP contribution in [0.3, 0.4) is 0 Å². The molecule has 0 atom stereocenters. The molecule has 148 valence electrons. The zero-order valence-corrected chi connectivity index (χ0v) is 16.3.